The summed E-state index contributed by atoms with van der Waals surface area (Å²) in [6.45, 7) is 4.74. The minimum Gasteiger partial charge on any atom is -0.459 e. The third kappa shape index (κ3) is 3.84. The lowest BCUT2D eigenvalue weighted by Crippen LogP contribution is -2.30. The number of esters is 2. The highest BCUT2D eigenvalue weighted by atomic mass is 16.6. The largest absolute Gasteiger partial charge is 0.459 e. The molecule has 0 fully saturated rings. The summed E-state index contributed by atoms with van der Waals surface area (Å²) in [5, 5.41) is 1.01. The van der Waals surface area contributed by atoms with Gasteiger partial charge < -0.3 is 14.5 Å². The van der Waals surface area contributed by atoms with Crippen molar-refractivity contribution >= 4 is 22.8 Å². The number of aromatic nitrogens is 1. The normalized spacial score (nSPS) is 13.7. The van der Waals surface area contributed by atoms with Crippen LogP contribution in [0, 0.1) is 0 Å². The number of fused-ring (bicyclic) bond motifs is 1. The van der Waals surface area contributed by atoms with Crippen LogP contribution in [-0.2, 0) is 25.5 Å². The van der Waals surface area contributed by atoms with Crippen molar-refractivity contribution in [1.82, 2.24) is 4.98 Å². The van der Waals surface area contributed by atoms with Gasteiger partial charge in [0.1, 0.15) is 12.2 Å². The first-order chi connectivity index (χ1) is 9.97. The van der Waals surface area contributed by atoms with E-state index in [4.69, 9.17) is 9.47 Å². The van der Waals surface area contributed by atoms with Crippen LogP contribution in [0.25, 0.3) is 10.9 Å². The number of benzene rings is 1. The van der Waals surface area contributed by atoms with Crippen LogP contribution < -0.4 is 0 Å². The monoisotopic (exact) mass is 289 g/mol. The number of para-hydroxylation sites is 1. The number of hydrogen-bond acceptors (Lipinski definition) is 4. The molecular formula is C16H19NO4. The van der Waals surface area contributed by atoms with Crippen LogP contribution in [0.1, 0.15) is 26.3 Å². The molecule has 1 aromatic heterocycles. The van der Waals surface area contributed by atoms with Crippen LogP contribution in [0.3, 0.4) is 0 Å². The van der Waals surface area contributed by atoms with E-state index in [1.807, 2.05) is 30.5 Å². The van der Waals surface area contributed by atoms with Gasteiger partial charge in [-0.05, 0) is 25.5 Å². The Morgan fingerprint density at radius 3 is 2.52 bits per heavy atom. The van der Waals surface area contributed by atoms with Crippen LogP contribution in [0.4, 0.5) is 0 Å². The lowest BCUT2D eigenvalue weighted by molar-refractivity contribution is -0.163. The van der Waals surface area contributed by atoms with E-state index < -0.39 is 12.2 Å². The van der Waals surface area contributed by atoms with Crippen molar-refractivity contribution in [2.24, 2.45) is 0 Å². The number of aromatic amines is 1. The standard InChI is InChI=1S/C16H19NO4/c1-10(20-12(3)18)11(2)21-16(19)8-13-9-17-15-7-5-4-6-14(13)15/h4-7,9-11,17H,8H2,1-3H3/t10-,11+/m1/s1. The molecule has 112 valence electrons. The zero-order valence-electron chi connectivity index (χ0n) is 12.4. The van der Waals surface area contributed by atoms with Gasteiger partial charge in [0.2, 0.25) is 0 Å². The zero-order chi connectivity index (χ0) is 15.4. The molecule has 0 aliphatic carbocycles. The van der Waals surface area contributed by atoms with Gasteiger partial charge in [0, 0.05) is 24.0 Å². The number of H-pyrrole nitrogens is 1. The fraction of sp³-hybridized carbons (Fsp3) is 0.375. The first-order valence-corrected chi connectivity index (χ1v) is 6.89. The maximum Gasteiger partial charge on any atom is 0.310 e. The summed E-state index contributed by atoms with van der Waals surface area (Å²) in [5.41, 5.74) is 1.88. The quantitative estimate of drug-likeness (QED) is 0.859. The summed E-state index contributed by atoms with van der Waals surface area (Å²) < 4.78 is 10.3. The van der Waals surface area contributed by atoms with Crippen molar-refractivity contribution in [2.45, 2.75) is 39.4 Å². The lowest BCUT2D eigenvalue weighted by atomic mass is 10.1. The van der Waals surface area contributed by atoms with E-state index >= 15 is 0 Å². The second-order valence-corrected chi connectivity index (χ2v) is 5.05. The SMILES string of the molecule is CC(=O)O[C@H](C)[C@H](C)OC(=O)Cc1c[nH]c2ccccc12. The molecule has 0 aliphatic heterocycles. The van der Waals surface area contributed by atoms with Crippen molar-refractivity contribution in [3.05, 3.63) is 36.0 Å². The summed E-state index contributed by atoms with van der Waals surface area (Å²) in [7, 11) is 0. The molecule has 0 radical (unpaired) electrons. The predicted molar refractivity (Wildman–Crippen MR) is 78.8 cm³/mol. The Balaban J connectivity index is 1.97. The smallest absolute Gasteiger partial charge is 0.310 e. The van der Waals surface area contributed by atoms with Crippen LogP contribution in [-0.4, -0.2) is 29.1 Å². The summed E-state index contributed by atoms with van der Waals surface area (Å²) in [6, 6.07) is 7.77. The molecule has 0 saturated heterocycles. The van der Waals surface area contributed by atoms with E-state index in [1.165, 1.54) is 6.92 Å². The molecule has 2 atom stereocenters. The minimum atomic E-state index is -0.480. The van der Waals surface area contributed by atoms with Gasteiger partial charge in [-0.3, -0.25) is 9.59 Å². The molecule has 1 N–H and O–H groups in total. The van der Waals surface area contributed by atoms with Gasteiger partial charge in [0.15, 0.2) is 0 Å². The van der Waals surface area contributed by atoms with Crippen LogP contribution in [0.2, 0.25) is 0 Å². The van der Waals surface area contributed by atoms with E-state index in [0.717, 1.165) is 16.5 Å². The molecule has 1 aromatic carbocycles. The van der Waals surface area contributed by atoms with Crippen LogP contribution in [0.15, 0.2) is 30.5 Å². The van der Waals surface area contributed by atoms with E-state index in [2.05, 4.69) is 4.98 Å². The van der Waals surface area contributed by atoms with Crippen LogP contribution >= 0.6 is 0 Å². The molecule has 5 nitrogen and oxygen atoms in total. The molecule has 0 spiro atoms. The maximum atomic E-state index is 12.0. The number of carbonyl (C=O) groups excluding carboxylic acids is 2. The van der Waals surface area contributed by atoms with Gasteiger partial charge in [-0.15, -0.1) is 0 Å². The fourth-order valence-electron chi connectivity index (χ4n) is 2.14. The van der Waals surface area contributed by atoms with Gasteiger partial charge in [-0.2, -0.15) is 0 Å². The number of rotatable bonds is 5. The molecule has 0 bridgehead atoms. The molecule has 1 heterocycles. The summed E-state index contributed by atoms with van der Waals surface area (Å²) >= 11 is 0. The fourth-order valence-corrected chi connectivity index (χ4v) is 2.14. The first-order valence-electron chi connectivity index (χ1n) is 6.89. The molecule has 2 aromatic rings. The number of ether oxygens (including phenoxy) is 2. The van der Waals surface area contributed by atoms with Gasteiger partial charge in [-0.1, -0.05) is 18.2 Å². The minimum absolute atomic E-state index is 0.182. The third-order valence-corrected chi connectivity index (χ3v) is 3.34. The summed E-state index contributed by atoms with van der Waals surface area (Å²) in [5.74, 6) is -0.728. The van der Waals surface area contributed by atoms with Crippen LogP contribution in [0.5, 0.6) is 0 Å². The second kappa shape index (κ2) is 6.43. The van der Waals surface area contributed by atoms with Gasteiger partial charge >= 0.3 is 11.9 Å². The van der Waals surface area contributed by atoms with Gasteiger partial charge in [0.05, 0.1) is 6.42 Å². The van der Waals surface area contributed by atoms with Crippen molar-refractivity contribution in [2.75, 3.05) is 0 Å². The zero-order valence-corrected chi connectivity index (χ0v) is 12.4. The van der Waals surface area contributed by atoms with Crippen molar-refractivity contribution in [3.63, 3.8) is 0 Å². The Bertz CT molecular complexity index is 647. The highest BCUT2D eigenvalue weighted by Crippen LogP contribution is 2.18. The average molecular weight is 289 g/mol. The van der Waals surface area contributed by atoms with Gasteiger partial charge in [-0.25, -0.2) is 0 Å². The molecule has 0 aliphatic rings. The summed E-state index contributed by atoms with van der Waals surface area (Å²) in [6.07, 6.45) is 1.05. The Hall–Kier alpha value is -2.30. The van der Waals surface area contributed by atoms with E-state index in [0.29, 0.717) is 0 Å². The average Bonchev–Trinajstić information content (AvgIpc) is 2.81. The third-order valence-electron chi connectivity index (χ3n) is 3.34. The van der Waals surface area contributed by atoms with Crippen molar-refractivity contribution in [1.29, 1.82) is 0 Å². The highest BCUT2D eigenvalue weighted by molar-refractivity contribution is 5.87. The molecule has 5 heteroatoms. The topological polar surface area (TPSA) is 68.4 Å². The molecule has 21 heavy (non-hydrogen) atoms. The lowest BCUT2D eigenvalue weighted by Gasteiger charge is -2.20. The molecular weight excluding hydrogens is 270 g/mol. The number of nitrogens with one attached hydrogen (secondary N) is 1. The van der Waals surface area contributed by atoms with Crippen molar-refractivity contribution in [3.8, 4) is 0 Å². The van der Waals surface area contributed by atoms with E-state index in [-0.39, 0.29) is 18.4 Å². The molecule has 0 unspecified atom stereocenters. The Labute approximate surface area is 123 Å². The Morgan fingerprint density at radius 1 is 1.14 bits per heavy atom. The number of carbonyl (C=O) groups is 2. The first kappa shape index (κ1) is 15.1. The summed E-state index contributed by atoms with van der Waals surface area (Å²) in [4.78, 5) is 26.0. The molecule has 2 rings (SSSR count). The Morgan fingerprint density at radius 2 is 1.81 bits per heavy atom. The molecule has 0 amide bonds. The van der Waals surface area contributed by atoms with E-state index in [9.17, 15) is 9.59 Å². The Kier molecular flexibility index (Phi) is 4.62. The predicted octanol–water partition coefficient (Wildman–Crippen LogP) is 2.59. The van der Waals surface area contributed by atoms with E-state index in [1.54, 1.807) is 13.8 Å². The molecule has 0 saturated carbocycles. The highest BCUT2D eigenvalue weighted by Gasteiger charge is 2.20. The second-order valence-electron chi connectivity index (χ2n) is 5.05. The maximum absolute atomic E-state index is 12.0. The van der Waals surface area contributed by atoms with Crippen molar-refractivity contribution < 1.29 is 19.1 Å². The van der Waals surface area contributed by atoms with Gasteiger partial charge in [0.25, 0.3) is 0 Å². The number of hydrogen-bond donors (Lipinski definition) is 1.